The molecule has 0 unspecified atom stereocenters. The van der Waals surface area contributed by atoms with E-state index in [0.29, 0.717) is 29.1 Å². The van der Waals surface area contributed by atoms with Gasteiger partial charge in [-0.15, -0.1) is 0 Å². The maximum Gasteiger partial charge on any atom is 0.250 e. The smallest absolute Gasteiger partial charge is 0.250 e. The molecule has 4 aliphatic rings. The summed E-state index contributed by atoms with van der Waals surface area (Å²) in [5, 5.41) is 15.9. The first-order valence-electron chi connectivity index (χ1n) is 10.7. The number of aliphatic hydroxyl groups is 1. The van der Waals surface area contributed by atoms with Crippen LogP contribution in [0.2, 0.25) is 5.02 Å². The molecule has 4 fully saturated rings. The summed E-state index contributed by atoms with van der Waals surface area (Å²) in [5.74, 6) is 2.19. The van der Waals surface area contributed by atoms with Crippen LogP contribution in [0, 0.1) is 23.2 Å². The van der Waals surface area contributed by atoms with Crippen LogP contribution in [-0.2, 0) is 6.42 Å². The van der Waals surface area contributed by atoms with Gasteiger partial charge >= 0.3 is 0 Å². The first-order valence-corrected chi connectivity index (χ1v) is 11.0. The topological polar surface area (TPSA) is 87.4 Å². The van der Waals surface area contributed by atoms with Crippen molar-refractivity contribution in [1.29, 1.82) is 0 Å². The van der Waals surface area contributed by atoms with Crippen LogP contribution in [-0.4, -0.2) is 37.3 Å². The summed E-state index contributed by atoms with van der Waals surface area (Å²) in [6, 6.07) is 3.87. The van der Waals surface area contributed by atoms with Crippen molar-refractivity contribution in [2.75, 3.05) is 31.6 Å². The lowest BCUT2D eigenvalue weighted by atomic mass is 9.48. The molecule has 0 radical (unpaired) electrons. The molecule has 0 spiro atoms. The number of nitrogens with two attached hydrogens (primary N) is 1. The van der Waals surface area contributed by atoms with Gasteiger partial charge in [-0.1, -0.05) is 11.6 Å². The Kier molecular flexibility index (Phi) is 5.86. The SMILES string of the molecule is NC(=O)c1cc(NCCNCCO)cc(CC23CC4CC(CC(C4)C2)C3)c1Cl. The zero-order valence-corrected chi connectivity index (χ0v) is 17.2. The maximum atomic E-state index is 12.0. The van der Waals surface area contributed by atoms with E-state index in [1.54, 1.807) is 6.07 Å². The first-order chi connectivity index (χ1) is 13.5. The zero-order chi connectivity index (χ0) is 19.7. The molecule has 0 aliphatic heterocycles. The van der Waals surface area contributed by atoms with E-state index in [1.165, 1.54) is 38.5 Å². The number of amides is 1. The van der Waals surface area contributed by atoms with Gasteiger partial charge in [0.05, 0.1) is 17.2 Å². The fourth-order valence-corrected chi connectivity index (χ4v) is 6.77. The van der Waals surface area contributed by atoms with Crippen LogP contribution in [0.5, 0.6) is 0 Å². The lowest BCUT2D eigenvalue weighted by Gasteiger charge is -2.57. The Bertz CT molecular complexity index is 701. The van der Waals surface area contributed by atoms with E-state index in [0.717, 1.165) is 42.0 Å². The predicted octanol–water partition coefficient (Wildman–Crippen LogP) is 3.19. The summed E-state index contributed by atoms with van der Waals surface area (Å²) in [4.78, 5) is 12.0. The molecule has 1 amide bonds. The Labute approximate surface area is 172 Å². The number of aliphatic hydroxyl groups excluding tert-OH is 1. The van der Waals surface area contributed by atoms with Crippen LogP contribution in [0.4, 0.5) is 5.69 Å². The number of primary amides is 1. The molecule has 0 aromatic heterocycles. The van der Waals surface area contributed by atoms with Crippen molar-refractivity contribution < 1.29 is 9.90 Å². The lowest BCUT2D eigenvalue weighted by molar-refractivity contribution is -0.0521. The number of nitrogens with one attached hydrogen (secondary N) is 2. The van der Waals surface area contributed by atoms with E-state index in [1.807, 2.05) is 0 Å². The Morgan fingerprint density at radius 2 is 1.75 bits per heavy atom. The molecule has 4 bridgehead atoms. The molecule has 5 N–H and O–H groups in total. The first kappa shape index (κ1) is 20.0. The molecule has 0 heterocycles. The van der Waals surface area contributed by atoms with Gasteiger partial charge in [-0.25, -0.2) is 0 Å². The summed E-state index contributed by atoms with van der Waals surface area (Å²) >= 11 is 6.65. The van der Waals surface area contributed by atoms with Crippen LogP contribution in [0.1, 0.15) is 54.4 Å². The Balaban J connectivity index is 1.53. The van der Waals surface area contributed by atoms with E-state index in [-0.39, 0.29) is 6.61 Å². The molecule has 5 nitrogen and oxygen atoms in total. The van der Waals surface area contributed by atoms with E-state index in [4.69, 9.17) is 22.4 Å². The lowest BCUT2D eigenvalue weighted by Crippen LogP contribution is -2.47. The van der Waals surface area contributed by atoms with Crippen molar-refractivity contribution in [3.05, 3.63) is 28.3 Å². The number of hydrogen-bond acceptors (Lipinski definition) is 4. The number of carbonyl (C=O) groups is 1. The van der Waals surface area contributed by atoms with Crippen molar-refractivity contribution >= 4 is 23.2 Å². The van der Waals surface area contributed by atoms with Gasteiger partial charge in [0.1, 0.15) is 0 Å². The Morgan fingerprint density at radius 1 is 1.11 bits per heavy atom. The highest BCUT2D eigenvalue weighted by Gasteiger charge is 2.50. The number of rotatable bonds is 9. The third kappa shape index (κ3) is 4.17. The molecule has 1 aromatic rings. The van der Waals surface area contributed by atoms with Crippen molar-refractivity contribution in [3.63, 3.8) is 0 Å². The van der Waals surface area contributed by atoms with Gasteiger partial charge in [0.15, 0.2) is 0 Å². The molecule has 154 valence electrons. The number of benzene rings is 1. The van der Waals surface area contributed by atoms with Gasteiger partial charge < -0.3 is 21.5 Å². The molecule has 28 heavy (non-hydrogen) atoms. The molecule has 5 rings (SSSR count). The largest absolute Gasteiger partial charge is 0.395 e. The van der Waals surface area contributed by atoms with Gasteiger partial charge in [-0.2, -0.15) is 0 Å². The van der Waals surface area contributed by atoms with E-state index in [9.17, 15) is 4.79 Å². The van der Waals surface area contributed by atoms with Gasteiger partial charge in [-0.3, -0.25) is 4.79 Å². The monoisotopic (exact) mass is 405 g/mol. The summed E-state index contributed by atoms with van der Waals surface area (Å²) < 4.78 is 0. The second-order valence-corrected chi connectivity index (χ2v) is 9.73. The van der Waals surface area contributed by atoms with Crippen LogP contribution in [0.15, 0.2) is 12.1 Å². The maximum absolute atomic E-state index is 12.0. The fraction of sp³-hybridized carbons (Fsp3) is 0.682. The number of hydrogen-bond donors (Lipinski definition) is 4. The van der Waals surface area contributed by atoms with Crippen molar-refractivity contribution in [3.8, 4) is 0 Å². The molecule has 4 saturated carbocycles. The minimum Gasteiger partial charge on any atom is -0.395 e. The Hall–Kier alpha value is -1.30. The van der Waals surface area contributed by atoms with Gasteiger partial charge in [0, 0.05) is 25.3 Å². The van der Waals surface area contributed by atoms with Crippen LogP contribution < -0.4 is 16.4 Å². The second-order valence-electron chi connectivity index (χ2n) is 9.36. The van der Waals surface area contributed by atoms with E-state index >= 15 is 0 Å². The molecule has 1 aromatic carbocycles. The fourth-order valence-electron chi connectivity index (χ4n) is 6.50. The standard InChI is InChI=1S/C22H32ClN3O2/c23-20-17(13-22-10-14-5-15(11-22)7-16(6-14)12-22)8-18(9-19(20)21(24)28)26-2-1-25-3-4-27/h8-9,14-16,25-27H,1-7,10-13H2,(H2,24,28). The van der Waals surface area contributed by atoms with E-state index in [2.05, 4.69) is 16.7 Å². The van der Waals surface area contributed by atoms with E-state index < -0.39 is 5.91 Å². The second kappa shape index (κ2) is 8.21. The Morgan fingerprint density at radius 3 is 2.32 bits per heavy atom. The number of carbonyl (C=O) groups excluding carboxylic acids is 1. The molecule has 0 saturated heterocycles. The molecular formula is C22H32ClN3O2. The summed E-state index contributed by atoms with van der Waals surface area (Å²) in [6.07, 6.45) is 9.14. The normalized spacial score (nSPS) is 30.6. The molecular weight excluding hydrogens is 374 g/mol. The van der Waals surface area contributed by atoms with Crippen LogP contribution in [0.3, 0.4) is 0 Å². The van der Waals surface area contributed by atoms with Gasteiger partial charge in [-0.05, 0) is 85.8 Å². The predicted molar refractivity (Wildman–Crippen MR) is 113 cm³/mol. The highest BCUT2D eigenvalue weighted by Crippen LogP contribution is 2.61. The van der Waals surface area contributed by atoms with Gasteiger partial charge in [0.2, 0.25) is 5.91 Å². The minimum atomic E-state index is -0.473. The number of anilines is 1. The third-order valence-corrected chi connectivity index (χ3v) is 7.51. The summed E-state index contributed by atoms with van der Waals surface area (Å²) in [6.45, 7) is 2.14. The quantitative estimate of drug-likeness (QED) is 0.475. The van der Waals surface area contributed by atoms with Crippen molar-refractivity contribution in [2.45, 2.75) is 44.9 Å². The highest BCUT2D eigenvalue weighted by molar-refractivity contribution is 6.34. The van der Waals surface area contributed by atoms with Crippen molar-refractivity contribution in [2.24, 2.45) is 28.9 Å². The average Bonchev–Trinajstić information content (AvgIpc) is 2.62. The molecule has 6 heteroatoms. The van der Waals surface area contributed by atoms with Crippen LogP contribution >= 0.6 is 11.6 Å². The van der Waals surface area contributed by atoms with Crippen LogP contribution in [0.25, 0.3) is 0 Å². The zero-order valence-electron chi connectivity index (χ0n) is 16.5. The average molecular weight is 406 g/mol. The minimum absolute atomic E-state index is 0.127. The highest BCUT2D eigenvalue weighted by atomic mass is 35.5. The summed E-state index contributed by atoms with van der Waals surface area (Å²) in [7, 11) is 0. The molecule has 0 atom stereocenters. The molecule has 4 aliphatic carbocycles. The number of halogens is 1. The third-order valence-electron chi connectivity index (χ3n) is 7.06. The van der Waals surface area contributed by atoms with Crippen molar-refractivity contribution in [1.82, 2.24) is 5.32 Å². The van der Waals surface area contributed by atoms with Gasteiger partial charge in [0.25, 0.3) is 0 Å². The summed E-state index contributed by atoms with van der Waals surface area (Å²) in [5.41, 5.74) is 8.34.